The lowest BCUT2D eigenvalue weighted by molar-refractivity contribution is 0.0949. The van der Waals surface area contributed by atoms with Gasteiger partial charge in [0, 0.05) is 10.9 Å². The number of nitrogens with one attached hydrogen (secondary N) is 2. The van der Waals surface area contributed by atoms with E-state index in [9.17, 15) is 13.2 Å². The van der Waals surface area contributed by atoms with Crippen molar-refractivity contribution in [1.29, 1.82) is 0 Å². The monoisotopic (exact) mass is 410 g/mol. The van der Waals surface area contributed by atoms with Crippen LogP contribution in [-0.2, 0) is 22.9 Å². The molecule has 7 nitrogen and oxygen atoms in total. The Morgan fingerprint density at radius 1 is 1.19 bits per heavy atom. The molecule has 3 rings (SSSR count). The van der Waals surface area contributed by atoms with E-state index in [4.69, 9.17) is 9.47 Å². The number of thiophene rings is 1. The molecular weight excluding hydrogens is 388 g/mol. The molecule has 1 aliphatic carbocycles. The first kappa shape index (κ1) is 19.7. The van der Waals surface area contributed by atoms with Crippen molar-refractivity contribution in [2.75, 3.05) is 14.2 Å². The molecule has 0 bridgehead atoms. The zero-order valence-corrected chi connectivity index (χ0v) is 17.0. The third-order valence-corrected chi connectivity index (χ3v) is 7.00. The summed E-state index contributed by atoms with van der Waals surface area (Å²) >= 11 is 1.42. The zero-order valence-electron chi connectivity index (χ0n) is 15.4. The van der Waals surface area contributed by atoms with Gasteiger partial charge in [-0.05, 0) is 48.9 Å². The topological polar surface area (TPSA) is 93.7 Å². The van der Waals surface area contributed by atoms with E-state index in [0.717, 1.165) is 19.3 Å². The highest BCUT2D eigenvalue weighted by Gasteiger charge is 2.22. The van der Waals surface area contributed by atoms with Crippen LogP contribution in [0.4, 0.5) is 0 Å². The van der Waals surface area contributed by atoms with E-state index in [1.54, 1.807) is 0 Å². The number of carbonyl (C=O) groups is 1. The van der Waals surface area contributed by atoms with Gasteiger partial charge in [-0.1, -0.05) is 6.92 Å². The second-order valence-corrected chi connectivity index (χ2v) is 9.30. The number of methoxy groups -OCH3 is 2. The average molecular weight is 411 g/mol. The van der Waals surface area contributed by atoms with Gasteiger partial charge >= 0.3 is 0 Å². The molecule has 1 aromatic heterocycles. The van der Waals surface area contributed by atoms with E-state index in [1.807, 2.05) is 6.07 Å². The summed E-state index contributed by atoms with van der Waals surface area (Å²) in [5.74, 6) is 0.836. The van der Waals surface area contributed by atoms with Gasteiger partial charge in [0.1, 0.15) is 0 Å². The summed E-state index contributed by atoms with van der Waals surface area (Å²) in [5.41, 5.74) is 3.47. The van der Waals surface area contributed by atoms with Crippen LogP contribution in [0.1, 0.15) is 33.5 Å². The molecule has 0 unspecified atom stereocenters. The number of sulfonamides is 1. The van der Waals surface area contributed by atoms with Crippen LogP contribution < -0.4 is 19.7 Å². The molecule has 0 aliphatic heterocycles. The number of benzene rings is 1. The van der Waals surface area contributed by atoms with Gasteiger partial charge in [0.2, 0.25) is 0 Å². The SMILES string of the molecule is COc1ccc(S(=O)(=O)NNC(=O)c2cc3c(s2)CC[C@@H](C)C3)cc1OC. The van der Waals surface area contributed by atoms with E-state index in [2.05, 4.69) is 17.2 Å². The molecule has 1 amide bonds. The third-order valence-electron chi connectivity index (χ3n) is 4.52. The van der Waals surface area contributed by atoms with Gasteiger partial charge in [-0.3, -0.25) is 10.2 Å². The van der Waals surface area contributed by atoms with E-state index >= 15 is 0 Å². The maximum Gasteiger partial charge on any atom is 0.276 e. The van der Waals surface area contributed by atoms with Gasteiger partial charge in [-0.25, -0.2) is 8.42 Å². The lowest BCUT2D eigenvalue weighted by Crippen LogP contribution is -2.41. The van der Waals surface area contributed by atoms with Gasteiger partial charge in [0.05, 0.1) is 24.0 Å². The van der Waals surface area contributed by atoms with E-state index in [1.165, 1.54) is 54.2 Å². The predicted octanol–water partition coefficient (Wildman–Crippen LogP) is 2.51. The molecule has 2 aromatic rings. The van der Waals surface area contributed by atoms with Crippen LogP contribution in [-0.4, -0.2) is 28.5 Å². The van der Waals surface area contributed by atoms with Gasteiger partial charge in [0.25, 0.3) is 15.9 Å². The molecule has 1 heterocycles. The number of carbonyl (C=O) groups excluding carboxylic acids is 1. The van der Waals surface area contributed by atoms with Gasteiger partial charge in [0.15, 0.2) is 11.5 Å². The third kappa shape index (κ3) is 4.26. The van der Waals surface area contributed by atoms with Crippen LogP contribution in [0.2, 0.25) is 0 Å². The molecule has 0 saturated carbocycles. The Morgan fingerprint density at radius 3 is 2.63 bits per heavy atom. The minimum atomic E-state index is -3.94. The second-order valence-electron chi connectivity index (χ2n) is 6.48. The number of ether oxygens (including phenoxy) is 2. The van der Waals surface area contributed by atoms with Crippen molar-refractivity contribution in [2.45, 2.75) is 31.1 Å². The van der Waals surface area contributed by atoms with Crippen molar-refractivity contribution in [3.63, 3.8) is 0 Å². The molecule has 146 valence electrons. The Kier molecular flexibility index (Phi) is 5.73. The zero-order chi connectivity index (χ0) is 19.6. The minimum absolute atomic E-state index is 0.0419. The molecule has 0 saturated heterocycles. The Balaban J connectivity index is 1.71. The van der Waals surface area contributed by atoms with Crippen LogP contribution in [0, 0.1) is 5.92 Å². The summed E-state index contributed by atoms with van der Waals surface area (Å²) in [6.07, 6.45) is 3.03. The lowest BCUT2D eigenvalue weighted by Gasteiger charge is -2.16. The molecule has 1 aromatic carbocycles. The van der Waals surface area contributed by atoms with Crippen molar-refractivity contribution in [1.82, 2.24) is 10.3 Å². The van der Waals surface area contributed by atoms with Crippen molar-refractivity contribution in [3.8, 4) is 11.5 Å². The highest BCUT2D eigenvalue weighted by molar-refractivity contribution is 7.89. The summed E-state index contributed by atoms with van der Waals surface area (Å²) in [6, 6.07) is 6.05. The molecule has 2 N–H and O–H groups in total. The molecule has 1 atom stereocenters. The summed E-state index contributed by atoms with van der Waals surface area (Å²) in [4.78, 5) is 16.2. The summed E-state index contributed by atoms with van der Waals surface area (Å²) in [7, 11) is -1.06. The van der Waals surface area contributed by atoms with E-state index in [-0.39, 0.29) is 10.6 Å². The molecule has 0 spiro atoms. The lowest BCUT2D eigenvalue weighted by atomic mass is 9.90. The fraction of sp³-hybridized carbons (Fsp3) is 0.389. The van der Waals surface area contributed by atoms with Crippen molar-refractivity contribution in [2.24, 2.45) is 5.92 Å². The molecular formula is C18H22N2O5S2. The van der Waals surface area contributed by atoms with Crippen molar-refractivity contribution >= 4 is 27.3 Å². The number of hydrogen-bond acceptors (Lipinski definition) is 6. The fourth-order valence-corrected chi connectivity index (χ4v) is 4.99. The normalized spacial score (nSPS) is 16.5. The molecule has 0 fully saturated rings. The first-order chi connectivity index (χ1) is 12.8. The van der Waals surface area contributed by atoms with Crippen LogP contribution in [0.3, 0.4) is 0 Å². The van der Waals surface area contributed by atoms with E-state index in [0.29, 0.717) is 16.5 Å². The maximum atomic E-state index is 12.5. The second kappa shape index (κ2) is 7.87. The van der Waals surface area contributed by atoms with Crippen LogP contribution in [0.15, 0.2) is 29.2 Å². The van der Waals surface area contributed by atoms with Gasteiger partial charge in [-0.2, -0.15) is 0 Å². The Hall–Kier alpha value is -2.10. The quantitative estimate of drug-likeness (QED) is 0.714. The fourth-order valence-electron chi connectivity index (χ4n) is 3.04. The first-order valence-corrected chi connectivity index (χ1v) is 10.8. The summed E-state index contributed by atoms with van der Waals surface area (Å²) < 4.78 is 35.1. The number of hydrogen-bond donors (Lipinski definition) is 2. The van der Waals surface area contributed by atoms with Crippen molar-refractivity contribution < 1.29 is 22.7 Å². The number of aryl methyl sites for hydroxylation is 1. The molecule has 9 heteroatoms. The van der Waals surface area contributed by atoms with E-state index < -0.39 is 15.9 Å². The highest BCUT2D eigenvalue weighted by atomic mass is 32.2. The molecule has 27 heavy (non-hydrogen) atoms. The maximum absolute atomic E-state index is 12.5. The smallest absolute Gasteiger partial charge is 0.276 e. The summed E-state index contributed by atoms with van der Waals surface area (Å²) in [6.45, 7) is 2.19. The Labute approximate surface area is 162 Å². The predicted molar refractivity (Wildman–Crippen MR) is 103 cm³/mol. The Bertz CT molecular complexity index is 953. The number of amides is 1. The average Bonchev–Trinajstić information content (AvgIpc) is 3.08. The van der Waals surface area contributed by atoms with Crippen LogP contribution >= 0.6 is 11.3 Å². The number of hydrazine groups is 1. The van der Waals surface area contributed by atoms with Crippen LogP contribution in [0.5, 0.6) is 11.5 Å². The number of fused-ring (bicyclic) bond motifs is 1. The molecule has 0 radical (unpaired) electrons. The number of rotatable bonds is 6. The van der Waals surface area contributed by atoms with Crippen LogP contribution in [0.25, 0.3) is 0 Å². The minimum Gasteiger partial charge on any atom is -0.493 e. The van der Waals surface area contributed by atoms with Crippen molar-refractivity contribution in [3.05, 3.63) is 39.6 Å². The molecule has 1 aliphatic rings. The standard InChI is InChI=1S/C18H22N2O5S2/c1-11-4-7-16-12(8-11)9-17(26-16)18(21)19-20-27(22,23)13-5-6-14(24-2)15(10-13)25-3/h5-6,9-11,20H,4,7-8H2,1-3H3,(H,19,21)/t11-/m1/s1. The summed E-state index contributed by atoms with van der Waals surface area (Å²) in [5, 5.41) is 0. The highest BCUT2D eigenvalue weighted by Crippen LogP contribution is 2.32. The first-order valence-electron chi connectivity index (χ1n) is 8.50. The van der Waals surface area contributed by atoms with Gasteiger partial charge < -0.3 is 9.47 Å². The Morgan fingerprint density at radius 2 is 1.93 bits per heavy atom. The van der Waals surface area contributed by atoms with Gasteiger partial charge in [-0.15, -0.1) is 16.2 Å². The largest absolute Gasteiger partial charge is 0.493 e.